The van der Waals surface area contributed by atoms with Crippen molar-refractivity contribution in [2.24, 2.45) is 0 Å². The Morgan fingerprint density at radius 2 is 0.889 bits per heavy atom. The SMILES string of the molecule is COc1cccc(OP(=O)(O)Oc2cccc(OP(=O)(O)Oc3cccc(OC)c3OC)c2)c1OC. The van der Waals surface area contributed by atoms with Gasteiger partial charge in [0.15, 0.2) is 23.0 Å². The number of para-hydroxylation sites is 2. The number of methoxy groups -OCH3 is 4. The quantitative estimate of drug-likeness (QED) is 0.302. The fraction of sp³-hybridized carbons (Fsp3) is 0.182. The molecular weight excluding hydrogens is 518 g/mol. The Balaban J connectivity index is 1.75. The Bertz CT molecular complexity index is 1200. The molecule has 2 N–H and O–H groups in total. The largest absolute Gasteiger partial charge is 0.585 e. The van der Waals surface area contributed by atoms with Crippen LogP contribution in [0.5, 0.6) is 46.0 Å². The van der Waals surface area contributed by atoms with E-state index >= 15 is 0 Å². The summed E-state index contributed by atoms with van der Waals surface area (Å²) in [5.41, 5.74) is 0. The van der Waals surface area contributed by atoms with Crippen LogP contribution in [0, 0.1) is 0 Å². The minimum absolute atomic E-state index is 0.0845. The summed E-state index contributed by atoms with van der Waals surface area (Å²) in [5, 5.41) is 0. The molecule has 194 valence electrons. The van der Waals surface area contributed by atoms with Crippen LogP contribution in [0.25, 0.3) is 0 Å². The van der Waals surface area contributed by atoms with Gasteiger partial charge in [-0.15, -0.1) is 0 Å². The molecule has 3 aromatic rings. The van der Waals surface area contributed by atoms with Crippen molar-refractivity contribution in [3.8, 4) is 46.0 Å². The van der Waals surface area contributed by atoms with Crippen molar-refractivity contribution in [2.45, 2.75) is 0 Å². The van der Waals surface area contributed by atoms with Crippen LogP contribution >= 0.6 is 15.6 Å². The summed E-state index contributed by atoms with van der Waals surface area (Å²) in [6, 6.07) is 14.1. The maximum atomic E-state index is 12.6. The molecule has 2 atom stereocenters. The predicted octanol–water partition coefficient (Wildman–Crippen LogP) is 4.84. The van der Waals surface area contributed by atoms with Crippen LogP contribution in [0.4, 0.5) is 0 Å². The third kappa shape index (κ3) is 6.77. The summed E-state index contributed by atoms with van der Waals surface area (Å²) in [7, 11) is -4.00. The second kappa shape index (κ2) is 11.5. The zero-order valence-electron chi connectivity index (χ0n) is 19.6. The number of phosphoric acid groups is 2. The Labute approximate surface area is 207 Å². The maximum Gasteiger partial charge on any atom is 0.585 e. The molecule has 0 spiro atoms. The number of hydrogen-bond donors (Lipinski definition) is 2. The first kappa shape index (κ1) is 27.0. The Morgan fingerprint density at radius 1 is 0.528 bits per heavy atom. The van der Waals surface area contributed by atoms with Crippen LogP contribution in [0.3, 0.4) is 0 Å². The molecule has 3 aromatic carbocycles. The van der Waals surface area contributed by atoms with E-state index in [1.54, 1.807) is 12.1 Å². The zero-order chi connectivity index (χ0) is 26.3. The Hall–Kier alpha value is -3.56. The van der Waals surface area contributed by atoms with Gasteiger partial charge in [0.05, 0.1) is 28.4 Å². The highest BCUT2D eigenvalue weighted by Gasteiger charge is 2.30. The lowest BCUT2D eigenvalue weighted by molar-refractivity contribution is 0.277. The third-order valence-corrected chi connectivity index (χ3v) is 6.15. The molecule has 0 radical (unpaired) electrons. The average molecular weight is 542 g/mol. The van der Waals surface area contributed by atoms with Crippen molar-refractivity contribution in [2.75, 3.05) is 28.4 Å². The van der Waals surface area contributed by atoms with Crippen LogP contribution in [-0.4, -0.2) is 38.2 Å². The molecule has 3 rings (SSSR count). The summed E-state index contributed by atoms with van der Waals surface area (Å²) in [4.78, 5) is 20.5. The fourth-order valence-corrected chi connectivity index (χ4v) is 4.62. The molecule has 0 aliphatic heterocycles. The summed E-state index contributed by atoms with van der Waals surface area (Å²) in [5.74, 6) is 0.126. The number of rotatable bonds is 12. The molecule has 0 fully saturated rings. The molecule has 36 heavy (non-hydrogen) atoms. The van der Waals surface area contributed by atoms with Crippen LogP contribution in [0.2, 0.25) is 0 Å². The van der Waals surface area contributed by atoms with Gasteiger partial charge < -0.3 is 37.0 Å². The lowest BCUT2D eigenvalue weighted by Gasteiger charge is -2.18. The lowest BCUT2D eigenvalue weighted by atomic mass is 10.3. The number of ether oxygens (including phenoxy) is 4. The summed E-state index contributed by atoms with van der Waals surface area (Å²) in [6.07, 6.45) is 0. The van der Waals surface area contributed by atoms with Gasteiger partial charge in [0.25, 0.3) is 0 Å². The highest BCUT2D eigenvalue weighted by Crippen LogP contribution is 2.51. The van der Waals surface area contributed by atoms with Gasteiger partial charge in [-0.05, 0) is 36.4 Å². The van der Waals surface area contributed by atoms with E-state index in [4.69, 9.17) is 37.0 Å². The van der Waals surface area contributed by atoms with Gasteiger partial charge in [-0.3, -0.25) is 9.79 Å². The van der Waals surface area contributed by atoms with E-state index in [0.717, 1.165) is 6.07 Å². The molecule has 0 saturated heterocycles. The monoisotopic (exact) mass is 542 g/mol. The molecule has 0 amide bonds. The van der Waals surface area contributed by atoms with Crippen molar-refractivity contribution in [1.82, 2.24) is 0 Å². The standard InChI is InChI=1S/C22H24O12P2/c1-27-17-10-6-12-19(21(17)29-3)33-35(23,24)31-15-8-5-9-16(14-15)32-36(25,26)34-20-13-7-11-18(28-2)22(20)30-4/h5-14H,1-4H3,(H,23,24)(H,25,26). The number of benzene rings is 3. The average Bonchev–Trinajstić information content (AvgIpc) is 2.82. The number of hydrogen-bond acceptors (Lipinski definition) is 10. The van der Waals surface area contributed by atoms with Crippen molar-refractivity contribution in [1.29, 1.82) is 0 Å². The first-order valence-electron chi connectivity index (χ1n) is 10.1. The van der Waals surface area contributed by atoms with E-state index < -0.39 is 15.6 Å². The predicted molar refractivity (Wildman–Crippen MR) is 128 cm³/mol. The van der Waals surface area contributed by atoms with E-state index in [9.17, 15) is 18.9 Å². The van der Waals surface area contributed by atoms with E-state index in [1.807, 2.05) is 0 Å². The van der Waals surface area contributed by atoms with Crippen molar-refractivity contribution < 1.29 is 56.0 Å². The molecule has 0 aromatic heterocycles. The van der Waals surface area contributed by atoms with Gasteiger partial charge in [0.1, 0.15) is 11.5 Å². The van der Waals surface area contributed by atoms with E-state index in [-0.39, 0.29) is 46.0 Å². The smallest absolute Gasteiger partial charge is 0.493 e. The van der Waals surface area contributed by atoms with Gasteiger partial charge in [-0.1, -0.05) is 18.2 Å². The molecular formula is C22H24O12P2. The van der Waals surface area contributed by atoms with E-state index in [0.29, 0.717) is 0 Å². The lowest BCUT2D eigenvalue weighted by Crippen LogP contribution is -2.03. The minimum Gasteiger partial charge on any atom is -0.493 e. The van der Waals surface area contributed by atoms with Crippen molar-refractivity contribution in [3.05, 3.63) is 60.7 Å². The molecule has 2 unspecified atom stereocenters. The molecule has 14 heteroatoms. The summed E-state index contributed by atoms with van der Waals surface area (Å²) >= 11 is 0. The van der Waals surface area contributed by atoms with Gasteiger partial charge >= 0.3 is 15.6 Å². The molecule has 0 bridgehead atoms. The van der Waals surface area contributed by atoms with E-state index in [1.165, 1.54) is 70.9 Å². The molecule has 0 aliphatic rings. The molecule has 12 nitrogen and oxygen atoms in total. The number of phosphoric ester groups is 2. The molecule has 0 aliphatic carbocycles. The van der Waals surface area contributed by atoms with Crippen LogP contribution < -0.4 is 37.0 Å². The summed E-state index contributed by atoms with van der Waals surface area (Å²) in [6.45, 7) is 0. The highest BCUT2D eigenvalue weighted by molar-refractivity contribution is 7.48. The van der Waals surface area contributed by atoms with Gasteiger partial charge in [-0.2, -0.15) is 0 Å². The molecule has 0 heterocycles. The fourth-order valence-electron chi connectivity index (χ4n) is 3.00. The maximum absolute atomic E-state index is 12.6. The minimum atomic E-state index is -4.74. The van der Waals surface area contributed by atoms with Gasteiger partial charge in [0, 0.05) is 6.07 Å². The first-order chi connectivity index (χ1) is 17.1. The Kier molecular flexibility index (Phi) is 8.60. The second-order valence-electron chi connectivity index (χ2n) is 6.76. The normalized spacial score (nSPS) is 13.9. The first-order valence-corrected chi connectivity index (χ1v) is 13.1. The molecule has 0 saturated carbocycles. The topological polar surface area (TPSA) is 148 Å². The van der Waals surface area contributed by atoms with Gasteiger partial charge in [-0.25, -0.2) is 9.13 Å². The highest BCUT2D eigenvalue weighted by atomic mass is 31.2. The van der Waals surface area contributed by atoms with Crippen LogP contribution in [-0.2, 0) is 9.13 Å². The zero-order valence-corrected chi connectivity index (χ0v) is 21.4. The van der Waals surface area contributed by atoms with Crippen molar-refractivity contribution >= 4 is 15.6 Å². The summed E-state index contributed by atoms with van der Waals surface area (Å²) < 4.78 is 66.2. The second-order valence-corrected chi connectivity index (χ2v) is 9.36. The third-order valence-electron chi connectivity index (χ3n) is 4.41. The van der Waals surface area contributed by atoms with E-state index in [2.05, 4.69) is 0 Å². The van der Waals surface area contributed by atoms with Crippen LogP contribution in [0.15, 0.2) is 60.7 Å². The van der Waals surface area contributed by atoms with Crippen LogP contribution in [0.1, 0.15) is 0 Å². The Morgan fingerprint density at radius 3 is 1.25 bits per heavy atom. The van der Waals surface area contributed by atoms with Gasteiger partial charge in [0.2, 0.25) is 11.5 Å². The van der Waals surface area contributed by atoms with Crippen molar-refractivity contribution in [3.63, 3.8) is 0 Å².